The van der Waals surface area contributed by atoms with Crippen LogP contribution < -0.4 is 10.6 Å². The van der Waals surface area contributed by atoms with Gasteiger partial charge in [0.05, 0.1) is 12.7 Å². The van der Waals surface area contributed by atoms with Crippen molar-refractivity contribution in [2.24, 2.45) is 0 Å². The highest BCUT2D eigenvalue weighted by molar-refractivity contribution is 6.08. The number of aliphatic hydroxyl groups excluding tert-OH is 1. The van der Waals surface area contributed by atoms with Crippen molar-refractivity contribution in [3.05, 3.63) is 0 Å². The summed E-state index contributed by atoms with van der Waals surface area (Å²) in [5.74, 6) is 0. The molecule has 0 aliphatic heterocycles. The first-order valence-corrected chi connectivity index (χ1v) is 8.39. The fourth-order valence-electron chi connectivity index (χ4n) is 1.40. The topological polar surface area (TPSA) is 53.5 Å². The molecule has 0 rings (SSSR count). The molecule has 0 aromatic heterocycles. The number of hydrogen-bond acceptors (Lipinski definition) is 4. The summed E-state index contributed by atoms with van der Waals surface area (Å²) in [6.45, 7) is 7.02. The molecule has 17 heavy (non-hydrogen) atoms. The lowest BCUT2D eigenvalue weighted by molar-refractivity contribution is 0.0375. The number of aliphatic hydroxyl groups is 1. The Balaban J connectivity index is 3.08. The molecule has 0 aromatic rings. The predicted octanol–water partition coefficient (Wildman–Crippen LogP) is -0.483. The van der Waals surface area contributed by atoms with Gasteiger partial charge < -0.3 is 20.5 Å². The number of nitrogens with one attached hydrogen (secondary N) is 2. The molecule has 0 fully saturated rings. The largest absolute Gasteiger partial charge is 0.389 e. The zero-order chi connectivity index (χ0) is 12.8. The van der Waals surface area contributed by atoms with Gasteiger partial charge in [0, 0.05) is 36.5 Å². The van der Waals surface area contributed by atoms with E-state index in [9.17, 15) is 5.11 Å². The molecule has 1 unspecified atom stereocenters. The summed E-state index contributed by atoms with van der Waals surface area (Å²) in [4.78, 5) is 0. The van der Waals surface area contributed by atoms with Crippen molar-refractivity contribution in [2.45, 2.75) is 38.3 Å². The van der Waals surface area contributed by atoms with Crippen molar-refractivity contribution < 1.29 is 9.84 Å². The van der Waals surface area contributed by atoms with Crippen molar-refractivity contribution in [1.82, 2.24) is 10.6 Å². The van der Waals surface area contributed by atoms with Gasteiger partial charge in [0.15, 0.2) is 0 Å². The normalized spacial score (nSPS) is 13.1. The first-order valence-electron chi connectivity index (χ1n) is 6.98. The molecule has 104 valence electrons. The van der Waals surface area contributed by atoms with E-state index in [1.807, 2.05) is 0 Å². The lowest BCUT2D eigenvalue weighted by atomic mass is 10.3. The molecule has 0 spiro atoms. The monoisotopic (exact) mass is 262 g/mol. The fraction of sp³-hybridized carbons (Fsp3) is 1.00. The molecule has 0 aromatic carbocycles. The first kappa shape index (κ1) is 17.1. The second kappa shape index (κ2) is 14.1. The van der Waals surface area contributed by atoms with Gasteiger partial charge in [-0.05, 0) is 19.4 Å². The van der Waals surface area contributed by atoms with E-state index >= 15 is 0 Å². The predicted molar refractivity (Wildman–Crippen MR) is 76.8 cm³/mol. The molecule has 3 N–H and O–H groups in total. The molecule has 0 radical (unpaired) electrons. The van der Waals surface area contributed by atoms with Gasteiger partial charge in [-0.25, -0.2) is 0 Å². The average molecular weight is 262 g/mol. The lowest BCUT2D eigenvalue weighted by Gasteiger charge is -2.12. The van der Waals surface area contributed by atoms with Gasteiger partial charge in [-0.1, -0.05) is 19.4 Å². The van der Waals surface area contributed by atoms with Crippen LogP contribution in [0.5, 0.6) is 0 Å². The summed E-state index contributed by atoms with van der Waals surface area (Å²) in [5.41, 5.74) is 0. The van der Waals surface area contributed by atoms with Gasteiger partial charge in [0.2, 0.25) is 0 Å². The highest BCUT2D eigenvalue weighted by atomic mass is 28.1. The molecule has 0 aliphatic rings. The molecule has 0 heterocycles. The summed E-state index contributed by atoms with van der Waals surface area (Å²) >= 11 is 0. The van der Waals surface area contributed by atoms with E-state index in [1.165, 1.54) is 29.1 Å². The number of ether oxygens (including phenoxy) is 1. The standard InChI is InChI=1S/C12H30N2O2Si/c1-2-3-5-13-6-7-14-10-12(15)11-16-8-4-9-17/h12-15H,2-11H2,1,17H3. The van der Waals surface area contributed by atoms with Crippen molar-refractivity contribution in [3.8, 4) is 0 Å². The van der Waals surface area contributed by atoms with Crippen LogP contribution in [0.15, 0.2) is 0 Å². The minimum Gasteiger partial charge on any atom is -0.389 e. The smallest absolute Gasteiger partial charge is 0.0897 e. The second-order valence-electron chi connectivity index (χ2n) is 4.39. The maximum absolute atomic E-state index is 9.59. The van der Waals surface area contributed by atoms with E-state index in [-0.39, 0.29) is 6.10 Å². The van der Waals surface area contributed by atoms with Crippen LogP contribution in [0.4, 0.5) is 0 Å². The van der Waals surface area contributed by atoms with Gasteiger partial charge in [-0.3, -0.25) is 0 Å². The molecule has 0 saturated heterocycles. The number of hydrogen-bond donors (Lipinski definition) is 3. The average Bonchev–Trinajstić information content (AvgIpc) is 2.33. The molecule has 0 saturated carbocycles. The van der Waals surface area contributed by atoms with Gasteiger partial charge in [0.1, 0.15) is 0 Å². The number of rotatable bonds is 13. The van der Waals surface area contributed by atoms with Crippen molar-refractivity contribution >= 4 is 10.2 Å². The van der Waals surface area contributed by atoms with Crippen molar-refractivity contribution in [3.63, 3.8) is 0 Å². The summed E-state index contributed by atoms with van der Waals surface area (Å²) < 4.78 is 5.36. The third kappa shape index (κ3) is 14.0. The van der Waals surface area contributed by atoms with Crippen LogP contribution in [0, 0.1) is 0 Å². The lowest BCUT2D eigenvalue weighted by Crippen LogP contribution is -2.35. The Labute approximate surface area is 109 Å². The maximum Gasteiger partial charge on any atom is 0.0897 e. The third-order valence-electron chi connectivity index (χ3n) is 2.52. The molecule has 0 bridgehead atoms. The Kier molecular flexibility index (Phi) is 14.2. The molecule has 0 amide bonds. The zero-order valence-electron chi connectivity index (χ0n) is 11.5. The van der Waals surface area contributed by atoms with Gasteiger partial charge in [-0.15, -0.1) is 0 Å². The van der Waals surface area contributed by atoms with Crippen LogP contribution in [-0.2, 0) is 4.74 Å². The van der Waals surface area contributed by atoms with Crippen LogP contribution in [-0.4, -0.2) is 60.8 Å². The second-order valence-corrected chi connectivity index (χ2v) is 5.39. The van der Waals surface area contributed by atoms with E-state index in [0.717, 1.165) is 32.7 Å². The fourth-order valence-corrected chi connectivity index (χ4v) is 1.69. The van der Waals surface area contributed by atoms with E-state index in [2.05, 4.69) is 17.6 Å². The van der Waals surface area contributed by atoms with E-state index in [4.69, 9.17) is 4.74 Å². The molecule has 5 heteroatoms. The van der Waals surface area contributed by atoms with Crippen LogP contribution >= 0.6 is 0 Å². The van der Waals surface area contributed by atoms with E-state index in [0.29, 0.717) is 13.2 Å². The molecular formula is C12H30N2O2Si. The minimum atomic E-state index is -0.375. The highest BCUT2D eigenvalue weighted by Gasteiger charge is 2.02. The summed E-state index contributed by atoms with van der Waals surface area (Å²) in [6.07, 6.45) is 3.22. The van der Waals surface area contributed by atoms with Crippen LogP contribution in [0.25, 0.3) is 0 Å². The third-order valence-corrected chi connectivity index (χ3v) is 3.23. The molecule has 1 atom stereocenters. The van der Waals surface area contributed by atoms with Crippen LogP contribution in [0.1, 0.15) is 26.2 Å². The van der Waals surface area contributed by atoms with Gasteiger partial charge in [-0.2, -0.15) is 0 Å². The Morgan fingerprint density at radius 1 is 1.18 bits per heavy atom. The Morgan fingerprint density at radius 2 is 1.94 bits per heavy atom. The Bertz CT molecular complexity index is 150. The van der Waals surface area contributed by atoms with Crippen LogP contribution in [0.2, 0.25) is 6.04 Å². The number of unbranched alkanes of at least 4 members (excludes halogenated alkanes) is 1. The van der Waals surface area contributed by atoms with Gasteiger partial charge in [0.25, 0.3) is 0 Å². The Morgan fingerprint density at radius 3 is 2.65 bits per heavy atom. The minimum absolute atomic E-state index is 0.375. The molecular weight excluding hydrogens is 232 g/mol. The highest BCUT2D eigenvalue weighted by Crippen LogP contribution is 1.89. The Hall–Kier alpha value is 0.0569. The molecule has 0 aliphatic carbocycles. The zero-order valence-corrected chi connectivity index (χ0v) is 13.5. The first-order chi connectivity index (χ1) is 8.31. The SMILES string of the molecule is CCCCNCCNCC(O)COCCC[SiH3]. The van der Waals surface area contributed by atoms with Crippen LogP contribution in [0.3, 0.4) is 0 Å². The van der Waals surface area contributed by atoms with E-state index in [1.54, 1.807) is 0 Å². The van der Waals surface area contributed by atoms with E-state index < -0.39 is 0 Å². The summed E-state index contributed by atoms with van der Waals surface area (Å²) in [7, 11) is 1.24. The maximum atomic E-state index is 9.59. The summed E-state index contributed by atoms with van der Waals surface area (Å²) in [6, 6.07) is 1.28. The van der Waals surface area contributed by atoms with Crippen molar-refractivity contribution in [2.75, 3.05) is 39.4 Å². The summed E-state index contributed by atoms with van der Waals surface area (Å²) in [5, 5.41) is 16.2. The molecule has 4 nitrogen and oxygen atoms in total. The van der Waals surface area contributed by atoms with Gasteiger partial charge >= 0.3 is 0 Å². The quantitative estimate of drug-likeness (QED) is 0.310. The van der Waals surface area contributed by atoms with Crippen molar-refractivity contribution in [1.29, 1.82) is 0 Å².